The average molecular weight is 630 g/mol. The smallest absolute Gasteiger partial charge is 0.191 e. The molecular weight excluding hydrogens is 593 g/mol. The van der Waals surface area contributed by atoms with Crippen molar-refractivity contribution in [1.29, 1.82) is 0 Å². The zero-order valence-electron chi connectivity index (χ0n) is 27.4. The molecule has 0 bridgehead atoms. The van der Waals surface area contributed by atoms with E-state index in [-0.39, 0.29) is 5.54 Å². The van der Waals surface area contributed by atoms with Gasteiger partial charge in [0.2, 0.25) is 0 Å². The molecule has 0 saturated heterocycles. The molecule has 0 radical (unpaired) electrons. The fourth-order valence-electron chi connectivity index (χ4n) is 6.91. The highest BCUT2D eigenvalue weighted by Gasteiger charge is 2.24. The maximum Gasteiger partial charge on any atom is 0.191 e. The largest absolute Gasteiger partial charge is 0.294 e. The van der Waals surface area contributed by atoms with E-state index in [1.165, 1.54) is 53.9 Å². The second-order valence-electron chi connectivity index (χ2n) is 13.3. The van der Waals surface area contributed by atoms with Gasteiger partial charge in [-0.05, 0) is 111 Å². The SMILES string of the molecule is Cc1cccc(C)c1-c1ccnc(-n2c3ccccc3c3ccc(Sc4cccc(-n5[cH+]n(C(C)(C)C)c6ccccc65)c4)cc32)c1. The number of rotatable bonds is 5. The van der Waals surface area contributed by atoms with E-state index in [2.05, 4.69) is 176 Å². The van der Waals surface area contributed by atoms with Crippen LogP contribution in [-0.4, -0.2) is 18.7 Å². The van der Waals surface area contributed by atoms with Crippen LogP contribution in [0.1, 0.15) is 31.9 Å². The van der Waals surface area contributed by atoms with E-state index in [0.717, 1.165) is 22.5 Å². The van der Waals surface area contributed by atoms with Gasteiger partial charge in [0.25, 0.3) is 0 Å². The third-order valence-corrected chi connectivity index (χ3v) is 10.1. The van der Waals surface area contributed by atoms with Crippen molar-refractivity contribution in [2.45, 2.75) is 49.9 Å². The Morgan fingerprint density at radius 1 is 0.617 bits per heavy atom. The van der Waals surface area contributed by atoms with E-state index in [1.807, 2.05) is 6.20 Å². The lowest BCUT2D eigenvalue weighted by atomic mass is 9.96. The molecule has 47 heavy (non-hydrogen) atoms. The lowest BCUT2D eigenvalue weighted by Crippen LogP contribution is -2.20. The van der Waals surface area contributed by atoms with Crippen LogP contribution < -0.4 is 0 Å². The molecule has 4 nitrogen and oxygen atoms in total. The standard InChI is InChI=1S/C42H37N4S/c1-28-12-10-13-29(2)41(28)30-22-23-43-40(24-30)46-36-17-7-6-16-34(36)35-21-20-33(26-39(35)46)47-32-15-11-14-31(25-32)44-27-45(42(3,4)5)38-19-9-8-18-37(38)44/h6-27H,1-5H3/q+1. The number of hydrogen-bond donors (Lipinski definition) is 0. The Balaban J connectivity index is 1.22. The second kappa shape index (κ2) is 11.3. The van der Waals surface area contributed by atoms with Gasteiger partial charge in [0.1, 0.15) is 11.5 Å². The number of para-hydroxylation sites is 3. The van der Waals surface area contributed by atoms with Crippen molar-refractivity contribution in [1.82, 2.24) is 18.7 Å². The lowest BCUT2D eigenvalue weighted by Gasteiger charge is -2.17. The maximum atomic E-state index is 4.92. The van der Waals surface area contributed by atoms with Crippen molar-refractivity contribution in [2.75, 3.05) is 0 Å². The highest BCUT2D eigenvalue weighted by Crippen LogP contribution is 2.38. The molecule has 0 aliphatic rings. The molecule has 0 aliphatic carbocycles. The van der Waals surface area contributed by atoms with Gasteiger partial charge in [0.05, 0.1) is 16.6 Å². The van der Waals surface area contributed by atoms with Gasteiger partial charge in [-0.1, -0.05) is 54.2 Å². The van der Waals surface area contributed by atoms with Crippen LogP contribution in [-0.2, 0) is 5.54 Å². The number of aryl methyl sites for hydroxylation is 2. The van der Waals surface area contributed by atoms with Crippen LogP contribution in [0.25, 0.3) is 55.5 Å². The summed E-state index contributed by atoms with van der Waals surface area (Å²) < 4.78 is 6.98. The van der Waals surface area contributed by atoms with Crippen molar-refractivity contribution in [3.63, 3.8) is 0 Å². The van der Waals surface area contributed by atoms with Crippen molar-refractivity contribution in [3.05, 3.63) is 145 Å². The summed E-state index contributed by atoms with van der Waals surface area (Å²) in [6, 6.07) is 43.8. The molecule has 0 amide bonds. The maximum absolute atomic E-state index is 4.92. The summed E-state index contributed by atoms with van der Waals surface area (Å²) in [6.45, 7) is 11.1. The van der Waals surface area contributed by atoms with Crippen LogP contribution in [0, 0.1) is 13.8 Å². The summed E-state index contributed by atoms with van der Waals surface area (Å²) >= 11 is 1.79. The Morgan fingerprint density at radius 2 is 1.30 bits per heavy atom. The minimum absolute atomic E-state index is 0.0296. The van der Waals surface area contributed by atoms with Gasteiger partial charge in [0, 0.05) is 51.0 Å². The molecule has 8 aromatic rings. The van der Waals surface area contributed by atoms with E-state index in [9.17, 15) is 0 Å². The van der Waals surface area contributed by atoms with Gasteiger partial charge in [0.15, 0.2) is 17.4 Å². The minimum Gasteiger partial charge on any atom is -0.294 e. The minimum atomic E-state index is -0.0296. The molecular formula is C42H37N4S+. The average Bonchev–Trinajstić information content (AvgIpc) is 3.62. The molecule has 3 aromatic heterocycles. The molecule has 0 atom stereocenters. The first-order valence-electron chi connectivity index (χ1n) is 16.1. The molecule has 0 fully saturated rings. The molecule has 230 valence electrons. The summed E-state index contributed by atoms with van der Waals surface area (Å²) in [5.74, 6) is 0.923. The third-order valence-electron chi connectivity index (χ3n) is 9.08. The normalized spacial score (nSPS) is 12.0. The van der Waals surface area contributed by atoms with E-state index < -0.39 is 0 Å². The molecule has 0 unspecified atom stereocenters. The van der Waals surface area contributed by atoms with Crippen LogP contribution in [0.15, 0.2) is 144 Å². The highest BCUT2D eigenvalue weighted by molar-refractivity contribution is 7.99. The van der Waals surface area contributed by atoms with Gasteiger partial charge in [-0.25, -0.2) is 9.55 Å². The lowest BCUT2D eigenvalue weighted by molar-refractivity contribution is 0.406. The number of hydrogen-bond acceptors (Lipinski definition) is 2. The van der Waals surface area contributed by atoms with Crippen molar-refractivity contribution in [2.24, 2.45) is 0 Å². The molecule has 0 saturated carbocycles. The van der Waals surface area contributed by atoms with Gasteiger partial charge < -0.3 is 0 Å². The van der Waals surface area contributed by atoms with E-state index >= 15 is 0 Å². The monoisotopic (exact) mass is 629 g/mol. The zero-order valence-corrected chi connectivity index (χ0v) is 28.2. The highest BCUT2D eigenvalue weighted by atomic mass is 32.2. The first-order valence-corrected chi connectivity index (χ1v) is 16.9. The van der Waals surface area contributed by atoms with E-state index in [1.54, 1.807) is 11.8 Å². The second-order valence-corrected chi connectivity index (χ2v) is 14.5. The van der Waals surface area contributed by atoms with Gasteiger partial charge in [-0.2, -0.15) is 4.57 Å². The number of nitrogens with zero attached hydrogens (tertiary/aromatic N) is 4. The topological polar surface area (TPSA) is 27.7 Å². The summed E-state index contributed by atoms with van der Waals surface area (Å²) in [6.07, 6.45) is 4.17. The van der Waals surface area contributed by atoms with Crippen LogP contribution >= 0.6 is 11.8 Å². The number of aromatic nitrogens is 4. The molecule has 5 aromatic carbocycles. The van der Waals surface area contributed by atoms with Crippen molar-refractivity contribution >= 4 is 44.6 Å². The quantitative estimate of drug-likeness (QED) is 0.177. The Bertz CT molecular complexity index is 2440. The van der Waals surface area contributed by atoms with Crippen molar-refractivity contribution in [3.8, 4) is 22.6 Å². The van der Waals surface area contributed by atoms with E-state index in [4.69, 9.17) is 4.98 Å². The third kappa shape index (κ3) is 5.12. The zero-order chi connectivity index (χ0) is 32.3. The molecule has 3 heterocycles. The number of fused-ring (bicyclic) bond motifs is 4. The first kappa shape index (κ1) is 29.3. The van der Waals surface area contributed by atoms with Gasteiger partial charge >= 0.3 is 0 Å². The summed E-state index contributed by atoms with van der Waals surface area (Å²) in [5.41, 5.74) is 10.9. The van der Waals surface area contributed by atoms with Crippen LogP contribution in [0.2, 0.25) is 0 Å². The predicted octanol–water partition coefficient (Wildman–Crippen LogP) is 11.4. The number of benzene rings is 5. The summed E-state index contributed by atoms with van der Waals surface area (Å²) in [4.78, 5) is 7.30. The number of imidazole rings is 1. The fraction of sp³-hybridized carbons (Fsp3) is 0.143. The first-order chi connectivity index (χ1) is 22.8. The molecule has 0 N–H and O–H groups in total. The Kier molecular flexibility index (Phi) is 7.03. The molecule has 0 spiro atoms. The van der Waals surface area contributed by atoms with E-state index in [0.29, 0.717) is 0 Å². The van der Waals surface area contributed by atoms with Gasteiger partial charge in [-0.3, -0.25) is 4.57 Å². The number of pyridine rings is 1. The predicted molar refractivity (Wildman–Crippen MR) is 198 cm³/mol. The van der Waals surface area contributed by atoms with Crippen LogP contribution in [0.3, 0.4) is 0 Å². The Labute approximate surface area is 280 Å². The van der Waals surface area contributed by atoms with Crippen LogP contribution in [0.4, 0.5) is 0 Å². The molecule has 0 aliphatic heterocycles. The summed E-state index contributed by atoms with van der Waals surface area (Å²) in [7, 11) is 0. The Morgan fingerprint density at radius 3 is 2.09 bits per heavy atom. The summed E-state index contributed by atoms with van der Waals surface area (Å²) in [5, 5.41) is 2.45. The Hall–Kier alpha value is -5.13. The molecule has 5 heteroatoms. The van der Waals surface area contributed by atoms with Crippen molar-refractivity contribution < 1.29 is 0 Å². The fourth-order valence-corrected chi connectivity index (χ4v) is 7.82. The van der Waals surface area contributed by atoms with Crippen LogP contribution in [0.5, 0.6) is 0 Å². The van der Waals surface area contributed by atoms with Gasteiger partial charge in [-0.15, -0.1) is 0 Å². The molecule has 8 rings (SSSR count).